The summed E-state index contributed by atoms with van der Waals surface area (Å²) in [6.07, 6.45) is 4.29. The van der Waals surface area contributed by atoms with E-state index in [2.05, 4.69) is 26.1 Å². The van der Waals surface area contributed by atoms with Gasteiger partial charge in [0.2, 0.25) is 0 Å². The average molecular weight is 277 g/mol. The van der Waals surface area contributed by atoms with Gasteiger partial charge in [-0.3, -0.25) is 0 Å². The van der Waals surface area contributed by atoms with Crippen LogP contribution in [0.2, 0.25) is 0 Å². The zero-order valence-electron chi connectivity index (χ0n) is 13.0. The predicted octanol–water partition coefficient (Wildman–Crippen LogP) is 2.21. The maximum atomic E-state index is 5.43. The Kier molecular flexibility index (Phi) is 5.92. The van der Waals surface area contributed by atoms with E-state index in [1.165, 1.54) is 12.0 Å². The van der Waals surface area contributed by atoms with Crippen LogP contribution in [0.4, 0.5) is 0 Å². The Morgan fingerprint density at radius 1 is 1.20 bits per heavy atom. The standard InChI is InChI=1S/C16H27N3O/c1-4-7-17-8-5-15-12(2)18-16(19-13(15)3)10-14-6-9-20-11-14/h14,17H,4-11H2,1-3H3. The van der Waals surface area contributed by atoms with Gasteiger partial charge in [-0.05, 0) is 57.7 Å². The van der Waals surface area contributed by atoms with E-state index in [1.807, 2.05) is 0 Å². The Balaban J connectivity index is 1.96. The number of ether oxygens (including phenoxy) is 1. The third-order valence-corrected chi connectivity index (χ3v) is 3.94. The van der Waals surface area contributed by atoms with Crippen molar-refractivity contribution >= 4 is 0 Å². The van der Waals surface area contributed by atoms with E-state index < -0.39 is 0 Å². The summed E-state index contributed by atoms with van der Waals surface area (Å²) >= 11 is 0. The average Bonchev–Trinajstić information content (AvgIpc) is 2.90. The third-order valence-electron chi connectivity index (χ3n) is 3.94. The molecule has 2 rings (SSSR count). The fraction of sp³-hybridized carbons (Fsp3) is 0.750. The molecule has 2 heterocycles. The molecular weight excluding hydrogens is 250 g/mol. The fourth-order valence-corrected chi connectivity index (χ4v) is 2.78. The normalized spacial score (nSPS) is 18.6. The molecule has 1 aliphatic heterocycles. The topological polar surface area (TPSA) is 47.0 Å². The molecule has 1 aliphatic rings. The van der Waals surface area contributed by atoms with Crippen molar-refractivity contribution < 1.29 is 4.74 Å². The molecule has 112 valence electrons. The highest BCUT2D eigenvalue weighted by atomic mass is 16.5. The van der Waals surface area contributed by atoms with Crippen LogP contribution < -0.4 is 5.32 Å². The van der Waals surface area contributed by atoms with Crippen molar-refractivity contribution in [1.29, 1.82) is 0 Å². The van der Waals surface area contributed by atoms with E-state index in [4.69, 9.17) is 14.7 Å². The molecule has 0 spiro atoms. The number of aromatic nitrogens is 2. The Labute approximate surface area is 122 Å². The lowest BCUT2D eigenvalue weighted by Gasteiger charge is -2.13. The molecule has 20 heavy (non-hydrogen) atoms. The zero-order chi connectivity index (χ0) is 14.4. The summed E-state index contributed by atoms with van der Waals surface area (Å²) in [7, 11) is 0. The second kappa shape index (κ2) is 7.70. The van der Waals surface area contributed by atoms with E-state index in [1.54, 1.807) is 0 Å². The minimum Gasteiger partial charge on any atom is -0.381 e. The van der Waals surface area contributed by atoms with E-state index in [9.17, 15) is 0 Å². The molecule has 0 bridgehead atoms. The molecule has 1 saturated heterocycles. The Morgan fingerprint density at radius 2 is 1.95 bits per heavy atom. The molecule has 0 amide bonds. The molecular formula is C16H27N3O. The predicted molar refractivity (Wildman–Crippen MR) is 81.0 cm³/mol. The molecule has 1 unspecified atom stereocenters. The number of nitrogens with zero attached hydrogens (tertiary/aromatic N) is 2. The molecule has 1 fully saturated rings. The van der Waals surface area contributed by atoms with Crippen molar-refractivity contribution in [2.45, 2.75) is 46.5 Å². The molecule has 1 aromatic heterocycles. The van der Waals surface area contributed by atoms with Crippen LogP contribution in [0.1, 0.15) is 42.5 Å². The van der Waals surface area contributed by atoms with Crippen LogP contribution >= 0.6 is 0 Å². The highest BCUT2D eigenvalue weighted by Crippen LogP contribution is 2.18. The van der Waals surface area contributed by atoms with Crippen molar-refractivity contribution in [3.05, 3.63) is 22.8 Å². The smallest absolute Gasteiger partial charge is 0.129 e. The summed E-state index contributed by atoms with van der Waals surface area (Å²) in [6, 6.07) is 0. The monoisotopic (exact) mass is 277 g/mol. The fourth-order valence-electron chi connectivity index (χ4n) is 2.78. The first-order chi connectivity index (χ1) is 9.70. The van der Waals surface area contributed by atoms with Crippen LogP contribution in [-0.4, -0.2) is 36.3 Å². The van der Waals surface area contributed by atoms with Crippen LogP contribution in [-0.2, 0) is 17.6 Å². The van der Waals surface area contributed by atoms with Crippen LogP contribution in [0.15, 0.2) is 0 Å². The van der Waals surface area contributed by atoms with Gasteiger partial charge >= 0.3 is 0 Å². The second-order valence-electron chi connectivity index (χ2n) is 5.72. The quantitative estimate of drug-likeness (QED) is 0.776. The first-order valence-electron chi connectivity index (χ1n) is 7.82. The van der Waals surface area contributed by atoms with Crippen molar-refractivity contribution in [2.75, 3.05) is 26.3 Å². The third kappa shape index (κ3) is 4.25. The number of hydrogen-bond donors (Lipinski definition) is 1. The molecule has 0 saturated carbocycles. The van der Waals surface area contributed by atoms with Gasteiger partial charge in [0.1, 0.15) is 5.82 Å². The molecule has 1 atom stereocenters. The van der Waals surface area contributed by atoms with Crippen molar-refractivity contribution in [1.82, 2.24) is 15.3 Å². The highest BCUT2D eigenvalue weighted by Gasteiger charge is 2.18. The minimum atomic E-state index is 0.603. The first kappa shape index (κ1) is 15.4. The van der Waals surface area contributed by atoms with Gasteiger partial charge in [-0.2, -0.15) is 0 Å². The lowest BCUT2D eigenvalue weighted by Crippen LogP contribution is -2.19. The van der Waals surface area contributed by atoms with Crippen LogP contribution in [0, 0.1) is 19.8 Å². The largest absolute Gasteiger partial charge is 0.381 e. The van der Waals surface area contributed by atoms with E-state index in [-0.39, 0.29) is 0 Å². The van der Waals surface area contributed by atoms with Crippen molar-refractivity contribution in [3.63, 3.8) is 0 Å². The van der Waals surface area contributed by atoms with E-state index in [0.29, 0.717) is 5.92 Å². The van der Waals surface area contributed by atoms with Gasteiger partial charge in [0.05, 0.1) is 0 Å². The SMILES string of the molecule is CCCNCCc1c(C)nc(CC2CCOC2)nc1C. The lowest BCUT2D eigenvalue weighted by molar-refractivity contribution is 0.185. The van der Waals surface area contributed by atoms with Gasteiger partial charge < -0.3 is 10.1 Å². The maximum absolute atomic E-state index is 5.43. The van der Waals surface area contributed by atoms with Gasteiger partial charge in [-0.25, -0.2) is 9.97 Å². The summed E-state index contributed by atoms with van der Waals surface area (Å²) in [5.41, 5.74) is 3.59. The molecule has 0 aliphatic carbocycles. The summed E-state index contributed by atoms with van der Waals surface area (Å²) in [6.45, 7) is 10.3. The molecule has 0 aromatic carbocycles. The van der Waals surface area contributed by atoms with Crippen LogP contribution in [0.5, 0.6) is 0 Å². The summed E-state index contributed by atoms with van der Waals surface area (Å²) < 4.78 is 5.43. The Bertz CT molecular complexity index is 405. The van der Waals surface area contributed by atoms with Crippen LogP contribution in [0.25, 0.3) is 0 Å². The molecule has 4 heteroatoms. The number of hydrogen-bond acceptors (Lipinski definition) is 4. The molecule has 0 radical (unpaired) electrons. The van der Waals surface area contributed by atoms with Gasteiger partial charge in [-0.15, -0.1) is 0 Å². The van der Waals surface area contributed by atoms with E-state index in [0.717, 1.165) is 62.8 Å². The lowest BCUT2D eigenvalue weighted by atomic mass is 10.0. The maximum Gasteiger partial charge on any atom is 0.129 e. The second-order valence-corrected chi connectivity index (χ2v) is 5.72. The van der Waals surface area contributed by atoms with Crippen molar-refractivity contribution in [3.8, 4) is 0 Å². The molecule has 1 aromatic rings. The van der Waals surface area contributed by atoms with Gasteiger partial charge in [0.25, 0.3) is 0 Å². The summed E-state index contributed by atoms with van der Waals surface area (Å²) in [5.74, 6) is 1.59. The number of rotatable bonds is 7. The number of aryl methyl sites for hydroxylation is 2. The molecule has 4 nitrogen and oxygen atoms in total. The highest BCUT2D eigenvalue weighted by molar-refractivity contribution is 5.24. The van der Waals surface area contributed by atoms with E-state index >= 15 is 0 Å². The summed E-state index contributed by atoms with van der Waals surface area (Å²) in [5, 5.41) is 3.44. The van der Waals surface area contributed by atoms with Gasteiger partial charge in [0, 0.05) is 31.0 Å². The minimum absolute atomic E-state index is 0.603. The van der Waals surface area contributed by atoms with Crippen molar-refractivity contribution in [2.24, 2.45) is 5.92 Å². The Hall–Kier alpha value is -1.00. The first-order valence-corrected chi connectivity index (χ1v) is 7.82. The summed E-state index contributed by atoms with van der Waals surface area (Å²) in [4.78, 5) is 9.40. The number of nitrogens with one attached hydrogen (secondary N) is 1. The van der Waals surface area contributed by atoms with Gasteiger partial charge in [0.15, 0.2) is 0 Å². The Morgan fingerprint density at radius 3 is 2.55 bits per heavy atom. The van der Waals surface area contributed by atoms with Crippen LogP contribution in [0.3, 0.4) is 0 Å². The zero-order valence-corrected chi connectivity index (χ0v) is 13.0. The molecule has 1 N–H and O–H groups in total. The van der Waals surface area contributed by atoms with Gasteiger partial charge in [-0.1, -0.05) is 6.92 Å².